The topological polar surface area (TPSA) is 89.7 Å². The van der Waals surface area contributed by atoms with Crippen LogP contribution in [-0.4, -0.2) is 42.4 Å². The van der Waals surface area contributed by atoms with E-state index >= 15 is 0 Å². The molecule has 1 aromatic heterocycles. The minimum Gasteiger partial charge on any atom is -0.451 e. The van der Waals surface area contributed by atoms with Crippen LogP contribution in [0.1, 0.15) is 22.5 Å². The molecule has 2 aromatic rings. The first-order chi connectivity index (χ1) is 12.0. The number of rotatable bonds is 4. The van der Waals surface area contributed by atoms with Crippen molar-refractivity contribution in [3.8, 4) is 0 Å². The number of piperidine rings is 1. The third kappa shape index (κ3) is 3.77. The molecule has 1 fully saturated rings. The van der Waals surface area contributed by atoms with Gasteiger partial charge >= 0.3 is 5.97 Å². The Morgan fingerprint density at radius 1 is 1.32 bits per heavy atom. The number of amides is 2. The van der Waals surface area contributed by atoms with E-state index in [0.29, 0.717) is 24.4 Å². The van der Waals surface area contributed by atoms with Crippen LogP contribution in [0.5, 0.6) is 0 Å². The Morgan fingerprint density at radius 2 is 2.08 bits per heavy atom. The van der Waals surface area contributed by atoms with Gasteiger partial charge in [-0.15, -0.1) is 11.3 Å². The molecule has 3 rings (SSSR count). The highest BCUT2D eigenvalue weighted by atomic mass is 35.5. The van der Waals surface area contributed by atoms with Crippen LogP contribution < -0.4 is 5.73 Å². The first-order valence-corrected chi connectivity index (χ1v) is 9.08. The Bertz CT molecular complexity index is 835. The number of nitrogens with two attached hydrogens (primary N) is 1. The van der Waals surface area contributed by atoms with Gasteiger partial charge in [0.15, 0.2) is 6.61 Å². The predicted molar refractivity (Wildman–Crippen MR) is 95.6 cm³/mol. The Hall–Kier alpha value is -2.12. The van der Waals surface area contributed by atoms with Gasteiger partial charge in [-0.3, -0.25) is 9.59 Å². The molecule has 1 aromatic carbocycles. The number of esters is 1. The second-order valence-corrected chi connectivity index (χ2v) is 7.33. The highest BCUT2D eigenvalue weighted by Crippen LogP contribution is 2.35. The third-order valence-corrected chi connectivity index (χ3v) is 5.88. The van der Waals surface area contributed by atoms with E-state index in [1.807, 2.05) is 24.3 Å². The Kier molecular flexibility index (Phi) is 5.24. The van der Waals surface area contributed by atoms with Crippen molar-refractivity contribution in [2.45, 2.75) is 12.8 Å². The molecule has 0 aliphatic carbocycles. The second kappa shape index (κ2) is 7.41. The number of carbonyl (C=O) groups excluding carboxylic acids is 3. The van der Waals surface area contributed by atoms with E-state index in [4.69, 9.17) is 22.1 Å². The number of hydrogen-bond acceptors (Lipinski definition) is 5. The second-order valence-electron chi connectivity index (χ2n) is 5.90. The molecule has 2 heterocycles. The van der Waals surface area contributed by atoms with Crippen molar-refractivity contribution in [2.24, 2.45) is 11.7 Å². The molecule has 1 saturated heterocycles. The van der Waals surface area contributed by atoms with Gasteiger partial charge in [0.1, 0.15) is 4.88 Å². The zero-order chi connectivity index (χ0) is 18.0. The average molecular weight is 381 g/mol. The SMILES string of the molecule is NC(=O)[C@@H]1CCCN(C(=O)COC(=O)c2sc3ccccc3c2Cl)C1. The summed E-state index contributed by atoms with van der Waals surface area (Å²) in [5.74, 6) is -1.71. The largest absolute Gasteiger partial charge is 0.451 e. The van der Waals surface area contributed by atoms with Crippen molar-refractivity contribution in [3.05, 3.63) is 34.2 Å². The van der Waals surface area contributed by atoms with E-state index < -0.39 is 11.9 Å². The molecule has 1 aliphatic heterocycles. The number of carbonyl (C=O) groups is 3. The molecule has 132 valence electrons. The summed E-state index contributed by atoms with van der Waals surface area (Å²) in [6.07, 6.45) is 1.38. The monoisotopic (exact) mass is 380 g/mol. The van der Waals surface area contributed by atoms with Crippen molar-refractivity contribution in [2.75, 3.05) is 19.7 Å². The molecule has 6 nitrogen and oxygen atoms in total. The molecule has 1 atom stereocenters. The van der Waals surface area contributed by atoms with E-state index in [2.05, 4.69) is 0 Å². The van der Waals surface area contributed by atoms with Gasteiger partial charge in [-0.1, -0.05) is 29.8 Å². The highest BCUT2D eigenvalue weighted by molar-refractivity contribution is 7.21. The minimum absolute atomic E-state index is 0.273. The number of primary amides is 1. The molecule has 0 saturated carbocycles. The fourth-order valence-corrected chi connectivity index (χ4v) is 4.27. The van der Waals surface area contributed by atoms with E-state index in [-0.39, 0.29) is 29.9 Å². The summed E-state index contributed by atoms with van der Waals surface area (Å²) in [5.41, 5.74) is 5.31. The van der Waals surface area contributed by atoms with Crippen molar-refractivity contribution < 1.29 is 19.1 Å². The van der Waals surface area contributed by atoms with Gasteiger partial charge < -0.3 is 15.4 Å². The summed E-state index contributed by atoms with van der Waals surface area (Å²) < 4.78 is 6.01. The maximum atomic E-state index is 12.3. The first-order valence-electron chi connectivity index (χ1n) is 7.88. The predicted octanol–water partition coefficient (Wildman–Crippen LogP) is 2.44. The molecular weight excluding hydrogens is 364 g/mol. The van der Waals surface area contributed by atoms with E-state index in [0.717, 1.165) is 10.1 Å². The Balaban J connectivity index is 1.62. The average Bonchev–Trinajstić information content (AvgIpc) is 2.96. The Morgan fingerprint density at radius 3 is 2.80 bits per heavy atom. The lowest BCUT2D eigenvalue weighted by Gasteiger charge is -2.30. The van der Waals surface area contributed by atoms with Crippen LogP contribution in [0.3, 0.4) is 0 Å². The van der Waals surface area contributed by atoms with E-state index in [1.165, 1.54) is 16.2 Å². The number of hydrogen-bond donors (Lipinski definition) is 1. The van der Waals surface area contributed by atoms with Gasteiger partial charge in [-0.2, -0.15) is 0 Å². The van der Waals surface area contributed by atoms with Crippen LogP contribution in [0.25, 0.3) is 10.1 Å². The normalized spacial score (nSPS) is 17.5. The fraction of sp³-hybridized carbons (Fsp3) is 0.353. The van der Waals surface area contributed by atoms with Gasteiger partial charge in [0.25, 0.3) is 5.91 Å². The molecule has 0 spiro atoms. The van der Waals surface area contributed by atoms with Crippen LogP contribution in [0.4, 0.5) is 0 Å². The maximum Gasteiger partial charge on any atom is 0.350 e. The van der Waals surface area contributed by atoms with Gasteiger partial charge in [0, 0.05) is 23.2 Å². The van der Waals surface area contributed by atoms with Gasteiger partial charge in [-0.05, 0) is 18.9 Å². The molecule has 2 N–H and O–H groups in total. The molecule has 25 heavy (non-hydrogen) atoms. The van der Waals surface area contributed by atoms with E-state index in [9.17, 15) is 14.4 Å². The first kappa shape index (κ1) is 17.7. The van der Waals surface area contributed by atoms with Gasteiger partial charge in [0.2, 0.25) is 5.91 Å². The molecule has 1 aliphatic rings. The van der Waals surface area contributed by atoms with Crippen LogP contribution in [0.2, 0.25) is 5.02 Å². The molecule has 8 heteroatoms. The smallest absolute Gasteiger partial charge is 0.350 e. The molecule has 0 unspecified atom stereocenters. The standard InChI is InChI=1S/C17H17ClN2O4S/c18-14-11-5-1-2-6-12(11)25-15(14)17(23)24-9-13(21)20-7-3-4-10(8-20)16(19)22/h1-2,5-6,10H,3-4,7-9H2,(H2,19,22)/t10-/m1/s1. The van der Waals surface area contributed by atoms with Crippen molar-refractivity contribution in [3.63, 3.8) is 0 Å². The minimum atomic E-state index is -0.622. The number of benzene rings is 1. The summed E-state index contributed by atoms with van der Waals surface area (Å²) in [6, 6.07) is 7.39. The molecule has 2 amide bonds. The van der Waals surface area contributed by atoms with Crippen molar-refractivity contribution in [1.29, 1.82) is 0 Å². The number of likely N-dealkylation sites (tertiary alicyclic amines) is 1. The maximum absolute atomic E-state index is 12.3. The number of thiophene rings is 1. The lowest BCUT2D eigenvalue weighted by atomic mass is 9.97. The Labute approximate surface area is 153 Å². The molecular formula is C17H17ClN2O4S. The van der Waals surface area contributed by atoms with Gasteiger partial charge in [0.05, 0.1) is 10.9 Å². The lowest BCUT2D eigenvalue weighted by Crippen LogP contribution is -2.45. The summed E-state index contributed by atoms with van der Waals surface area (Å²) in [7, 11) is 0. The number of nitrogens with zero attached hydrogens (tertiary/aromatic N) is 1. The number of halogens is 1. The lowest BCUT2D eigenvalue weighted by molar-refractivity contribution is -0.137. The summed E-state index contributed by atoms with van der Waals surface area (Å²) >= 11 is 7.46. The summed E-state index contributed by atoms with van der Waals surface area (Å²) in [5, 5.41) is 1.12. The molecule has 0 bridgehead atoms. The van der Waals surface area contributed by atoms with Crippen LogP contribution in [-0.2, 0) is 14.3 Å². The molecule has 0 radical (unpaired) electrons. The summed E-state index contributed by atoms with van der Waals surface area (Å²) in [4.78, 5) is 37.6. The van der Waals surface area contributed by atoms with Crippen molar-refractivity contribution in [1.82, 2.24) is 4.90 Å². The third-order valence-electron chi connectivity index (χ3n) is 4.22. The van der Waals surface area contributed by atoms with Crippen molar-refractivity contribution >= 4 is 50.8 Å². The van der Waals surface area contributed by atoms with Crippen LogP contribution in [0.15, 0.2) is 24.3 Å². The zero-order valence-electron chi connectivity index (χ0n) is 13.4. The quantitative estimate of drug-likeness (QED) is 0.825. The summed E-state index contributed by atoms with van der Waals surface area (Å²) in [6.45, 7) is 0.425. The number of ether oxygens (including phenoxy) is 1. The highest BCUT2D eigenvalue weighted by Gasteiger charge is 2.28. The van der Waals surface area contributed by atoms with Gasteiger partial charge in [-0.25, -0.2) is 4.79 Å². The number of fused-ring (bicyclic) bond motifs is 1. The van der Waals surface area contributed by atoms with E-state index in [1.54, 1.807) is 0 Å². The van der Waals surface area contributed by atoms with Crippen LogP contribution >= 0.6 is 22.9 Å². The fourth-order valence-electron chi connectivity index (χ4n) is 2.87. The zero-order valence-corrected chi connectivity index (χ0v) is 14.9. The van der Waals surface area contributed by atoms with Crippen LogP contribution in [0, 0.1) is 5.92 Å².